The molecule has 1 amide bonds. The largest absolute Gasteiger partial charge is 0.465 e. The van der Waals surface area contributed by atoms with Crippen molar-refractivity contribution in [3.63, 3.8) is 0 Å². The van der Waals surface area contributed by atoms with Gasteiger partial charge in [0.2, 0.25) is 0 Å². The van der Waals surface area contributed by atoms with Crippen LogP contribution < -0.4 is 10.3 Å². The number of rotatable bonds is 2. The summed E-state index contributed by atoms with van der Waals surface area (Å²) < 4.78 is 37.6. The van der Waals surface area contributed by atoms with Crippen molar-refractivity contribution >= 4 is 11.9 Å². The molecule has 3 aliphatic rings. The van der Waals surface area contributed by atoms with Crippen LogP contribution in [0.5, 0.6) is 0 Å². The Labute approximate surface area is 125 Å². The number of pyridine rings is 1. The van der Waals surface area contributed by atoms with E-state index in [1.807, 2.05) is 0 Å². The molecule has 3 unspecified atom stereocenters. The number of carbonyl (C=O) groups is 1. The number of amides is 1. The summed E-state index contributed by atoms with van der Waals surface area (Å²) in [5.74, 6) is 0.781. The molecule has 1 saturated carbocycles. The number of carboxylic acid groups (broad SMARTS) is 1. The van der Waals surface area contributed by atoms with Gasteiger partial charge in [-0.3, -0.25) is 5.32 Å². The molecular formula is C14H17F3N3O2+. The number of fused-ring (bicyclic) bond motifs is 3. The number of hydrogen-bond acceptors (Lipinski definition) is 2. The quantitative estimate of drug-likeness (QED) is 0.881. The molecule has 0 aromatic carbocycles. The fraction of sp³-hybridized carbons (Fsp3) is 0.571. The van der Waals surface area contributed by atoms with Crippen molar-refractivity contribution < 1.29 is 28.1 Å². The van der Waals surface area contributed by atoms with E-state index in [-0.39, 0.29) is 12.1 Å². The summed E-state index contributed by atoms with van der Waals surface area (Å²) >= 11 is 0. The molecule has 3 fully saturated rings. The molecule has 0 radical (unpaired) electrons. The zero-order valence-corrected chi connectivity index (χ0v) is 11.7. The monoisotopic (exact) mass is 316 g/mol. The molecular weight excluding hydrogens is 299 g/mol. The van der Waals surface area contributed by atoms with E-state index < -0.39 is 17.8 Å². The lowest BCUT2D eigenvalue weighted by atomic mass is 9.76. The minimum absolute atomic E-state index is 0.0726. The minimum atomic E-state index is -4.38. The summed E-state index contributed by atoms with van der Waals surface area (Å²) in [5, 5.41) is 12.4. The zero-order valence-electron chi connectivity index (χ0n) is 11.7. The molecule has 3 N–H and O–H groups in total. The van der Waals surface area contributed by atoms with Crippen LogP contribution in [-0.2, 0) is 6.18 Å². The number of aromatic nitrogens is 1. The Balaban J connectivity index is 1.72. The molecule has 4 rings (SSSR count). The number of piperidine rings is 2. The second kappa shape index (κ2) is 5.33. The number of nitrogens with zero attached hydrogens (tertiary/aromatic N) is 1. The maximum Gasteiger partial charge on any atom is 0.419 e. The van der Waals surface area contributed by atoms with Gasteiger partial charge in [0.25, 0.3) is 5.82 Å². The lowest BCUT2D eigenvalue weighted by Crippen LogP contribution is -2.59. The van der Waals surface area contributed by atoms with Crippen molar-refractivity contribution in [2.24, 2.45) is 5.92 Å². The van der Waals surface area contributed by atoms with Gasteiger partial charge in [0.05, 0.1) is 11.6 Å². The smallest absolute Gasteiger partial charge is 0.419 e. The lowest BCUT2D eigenvalue weighted by molar-refractivity contribution is -0.365. The summed E-state index contributed by atoms with van der Waals surface area (Å²) in [6.45, 7) is 0.551. The number of aromatic amines is 1. The van der Waals surface area contributed by atoms with E-state index in [1.165, 1.54) is 11.0 Å². The highest BCUT2D eigenvalue weighted by Crippen LogP contribution is 2.36. The predicted molar refractivity (Wildman–Crippen MR) is 71.3 cm³/mol. The van der Waals surface area contributed by atoms with Crippen molar-refractivity contribution in [3.8, 4) is 0 Å². The summed E-state index contributed by atoms with van der Waals surface area (Å²) in [5.41, 5.74) is -0.740. The normalized spacial score (nSPS) is 27.8. The molecule has 1 aromatic rings. The van der Waals surface area contributed by atoms with Crippen molar-refractivity contribution in [3.05, 3.63) is 23.9 Å². The SMILES string of the molecule is O=C(O)N1CC2CCC1C(Nc1ccc(C(F)(F)F)c[nH+]1)C2. The van der Waals surface area contributed by atoms with Crippen LogP contribution in [0.4, 0.5) is 23.8 Å². The third-order valence-corrected chi connectivity index (χ3v) is 4.50. The first-order chi connectivity index (χ1) is 10.3. The van der Waals surface area contributed by atoms with E-state index in [2.05, 4.69) is 10.3 Å². The van der Waals surface area contributed by atoms with Gasteiger partial charge in [-0.15, -0.1) is 0 Å². The molecule has 2 saturated heterocycles. The van der Waals surface area contributed by atoms with Crippen LogP contribution in [0.25, 0.3) is 0 Å². The van der Waals surface area contributed by atoms with E-state index in [1.54, 1.807) is 0 Å². The van der Waals surface area contributed by atoms with Crippen LogP contribution in [0.1, 0.15) is 24.8 Å². The summed E-state index contributed by atoms with van der Waals surface area (Å²) in [6, 6.07) is 2.15. The maximum absolute atomic E-state index is 12.5. The van der Waals surface area contributed by atoms with Crippen molar-refractivity contribution in [2.75, 3.05) is 11.9 Å². The fourth-order valence-corrected chi connectivity index (χ4v) is 3.46. The first kappa shape index (κ1) is 14.9. The summed E-state index contributed by atoms with van der Waals surface area (Å²) in [6.07, 6.45) is -1.77. The van der Waals surface area contributed by atoms with Crippen molar-refractivity contribution in [1.29, 1.82) is 0 Å². The Hall–Kier alpha value is -1.99. The van der Waals surface area contributed by atoms with Crippen LogP contribution >= 0.6 is 0 Å². The second-order valence-electron chi connectivity index (χ2n) is 5.92. The van der Waals surface area contributed by atoms with Gasteiger partial charge in [-0.2, -0.15) is 13.2 Å². The summed E-state index contributed by atoms with van der Waals surface area (Å²) in [7, 11) is 0. The number of alkyl halides is 3. The van der Waals surface area contributed by atoms with Gasteiger partial charge >= 0.3 is 12.3 Å². The average Bonchev–Trinajstić information content (AvgIpc) is 2.47. The van der Waals surface area contributed by atoms with Gasteiger partial charge in [0, 0.05) is 12.6 Å². The molecule has 3 atom stereocenters. The van der Waals surface area contributed by atoms with Gasteiger partial charge in [0.15, 0.2) is 0 Å². The van der Waals surface area contributed by atoms with E-state index in [9.17, 15) is 23.1 Å². The maximum atomic E-state index is 12.5. The van der Waals surface area contributed by atoms with E-state index in [0.717, 1.165) is 31.5 Å². The molecule has 2 aliphatic heterocycles. The molecule has 22 heavy (non-hydrogen) atoms. The van der Waals surface area contributed by atoms with Crippen LogP contribution in [0.2, 0.25) is 0 Å². The Morgan fingerprint density at radius 3 is 2.68 bits per heavy atom. The molecule has 2 bridgehead atoms. The van der Waals surface area contributed by atoms with E-state index >= 15 is 0 Å². The topological polar surface area (TPSA) is 66.7 Å². The lowest BCUT2D eigenvalue weighted by Gasteiger charge is -2.46. The third-order valence-electron chi connectivity index (χ3n) is 4.50. The van der Waals surface area contributed by atoms with Gasteiger partial charge in [-0.1, -0.05) is 0 Å². The van der Waals surface area contributed by atoms with Gasteiger partial charge in [-0.05, 0) is 31.2 Å². The first-order valence-corrected chi connectivity index (χ1v) is 7.19. The van der Waals surface area contributed by atoms with E-state index in [0.29, 0.717) is 18.3 Å². The van der Waals surface area contributed by atoms with E-state index in [4.69, 9.17) is 0 Å². The van der Waals surface area contributed by atoms with Crippen LogP contribution in [-0.4, -0.2) is 34.7 Å². The van der Waals surface area contributed by atoms with Gasteiger partial charge in [-0.25, -0.2) is 9.78 Å². The molecule has 8 heteroatoms. The van der Waals surface area contributed by atoms with Crippen LogP contribution in [0.3, 0.4) is 0 Å². The second-order valence-corrected chi connectivity index (χ2v) is 5.92. The molecule has 1 aromatic heterocycles. The van der Waals surface area contributed by atoms with Gasteiger partial charge < -0.3 is 10.0 Å². The highest BCUT2D eigenvalue weighted by molar-refractivity contribution is 5.66. The van der Waals surface area contributed by atoms with Crippen molar-refractivity contribution in [2.45, 2.75) is 37.5 Å². The number of nitrogens with one attached hydrogen (secondary N) is 2. The van der Waals surface area contributed by atoms with Crippen molar-refractivity contribution in [1.82, 2.24) is 4.90 Å². The highest BCUT2D eigenvalue weighted by Gasteiger charge is 2.45. The third kappa shape index (κ3) is 2.82. The number of anilines is 1. The Kier molecular flexibility index (Phi) is 3.62. The Bertz CT molecular complexity index is 561. The van der Waals surface area contributed by atoms with Gasteiger partial charge in [0.1, 0.15) is 12.2 Å². The first-order valence-electron chi connectivity index (χ1n) is 7.19. The fourth-order valence-electron chi connectivity index (χ4n) is 3.46. The predicted octanol–water partition coefficient (Wildman–Crippen LogP) is 2.46. The Morgan fingerprint density at radius 1 is 1.36 bits per heavy atom. The molecule has 1 aliphatic carbocycles. The number of halogens is 3. The standard InChI is InChI=1S/C14H16F3N3O2/c15-14(16,17)9-2-4-12(18-6-9)19-10-5-8-1-3-11(10)20(7-8)13(21)22/h2,4,6,8,10-11H,1,3,5,7H2,(H,18,19)(H,21,22)/p+1. The highest BCUT2D eigenvalue weighted by atomic mass is 19.4. The van der Waals surface area contributed by atoms with Crippen LogP contribution in [0.15, 0.2) is 18.3 Å². The number of hydrogen-bond donors (Lipinski definition) is 2. The van der Waals surface area contributed by atoms with Crippen LogP contribution in [0, 0.1) is 5.92 Å². The number of H-pyrrole nitrogens is 1. The minimum Gasteiger partial charge on any atom is -0.465 e. The summed E-state index contributed by atoms with van der Waals surface area (Å²) in [4.78, 5) is 15.3. The average molecular weight is 316 g/mol. The Morgan fingerprint density at radius 2 is 2.14 bits per heavy atom. The molecule has 5 nitrogen and oxygen atoms in total. The molecule has 3 heterocycles. The molecule has 0 spiro atoms. The zero-order chi connectivity index (χ0) is 15.9. The molecule has 120 valence electrons.